The van der Waals surface area contributed by atoms with Crippen LogP contribution in [-0.2, 0) is 4.79 Å². The van der Waals surface area contributed by atoms with Gasteiger partial charge in [-0.3, -0.25) is 4.79 Å². The summed E-state index contributed by atoms with van der Waals surface area (Å²) in [6.45, 7) is 1.88. The molecule has 1 aromatic heterocycles. The first-order chi connectivity index (χ1) is 9.94. The molecule has 0 fully saturated rings. The minimum atomic E-state index is -1.01. The average molecular weight is 366 g/mol. The van der Waals surface area contributed by atoms with Crippen LogP contribution in [-0.4, -0.2) is 17.0 Å². The molecule has 0 aliphatic carbocycles. The van der Waals surface area contributed by atoms with Crippen molar-refractivity contribution < 1.29 is 14.7 Å². The number of anilines is 1. The zero-order chi connectivity index (χ0) is 15.4. The quantitative estimate of drug-likeness (QED) is 0.799. The number of aryl methyl sites for hydroxylation is 1. The molecule has 0 saturated heterocycles. The normalized spacial score (nSPS) is 10.8. The zero-order valence-electron chi connectivity index (χ0n) is 11.1. The predicted molar refractivity (Wildman–Crippen MR) is 87.8 cm³/mol. The Kier molecular flexibility index (Phi) is 4.93. The summed E-state index contributed by atoms with van der Waals surface area (Å²) in [7, 11) is 0. The van der Waals surface area contributed by atoms with Crippen LogP contribution in [0.5, 0.6) is 0 Å². The summed E-state index contributed by atoms with van der Waals surface area (Å²) in [4.78, 5) is 22.6. The summed E-state index contributed by atoms with van der Waals surface area (Å²) >= 11 is 4.76. The second kappa shape index (κ2) is 6.69. The lowest BCUT2D eigenvalue weighted by Gasteiger charge is -2.06. The molecule has 0 unspecified atom stereocenters. The molecule has 108 valence electrons. The molecule has 1 amide bonds. The van der Waals surface area contributed by atoms with Gasteiger partial charge in [-0.25, -0.2) is 4.79 Å². The average Bonchev–Trinajstić information content (AvgIpc) is 2.82. The number of aliphatic carboxylic acids is 1. The SMILES string of the molecule is Cc1cc(/C=C/C(=O)O)cc(NC(=O)c2csc(Br)c2)c1. The molecule has 4 nitrogen and oxygen atoms in total. The lowest BCUT2D eigenvalue weighted by Crippen LogP contribution is -2.11. The van der Waals surface area contributed by atoms with E-state index in [2.05, 4.69) is 21.2 Å². The van der Waals surface area contributed by atoms with Gasteiger partial charge in [0.15, 0.2) is 0 Å². The van der Waals surface area contributed by atoms with Crippen LogP contribution in [0.3, 0.4) is 0 Å². The Labute approximate surface area is 134 Å². The number of nitrogens with one attached hydrogen (secondary N) is 1. The number of benzene rings is 1. The van der Waals surface area contributed by atoms with Gasteiger partial charge in [-0.2, -0.15) is 0 Å². The fourth-order valence-electron chi connectivity index (χ4n) is 1.78. The maximum absolute atomic E-state index is 12.1. The van der Waals surface area contributed by atoms with E-state index in [9.17, 15) is 9.59 Å². The van der Waals surface area contributed by atoms with Gasteiger partial charge in [0.05, 0.1) is 9.35 Å². The third-order valence-corrected chi connectivity index (χ3v) is 4.11. The van der Waals surface area contributed by atoms with Crippen molar-refractivity contribution in [2.24, 2.45) is 0 Å². The van der Waals surface area contributed by atoms with Crippen LogP contribution in [0.4, 0.5) is 5.69 Å². The van der Waals surface area contributed by atoms with E-state index in [1.54, 1.807) is 17.5 Å². The Bertz CT molecular complexity index is 721. The molecule has 0 aliphatic rings. The van der Waals surface area contributed by atoms with Crippen molar-refractivity contribution in [3.63, 3.8) is 0 Å². The number of carboxylic acids is 1. The third-order valence-electron chi connectivity index (χ3n) is 2.61. The number of carbonyl (C=O) groups is 2. The fourth-order valence-corrected chi connectivity index (χ4v) is 2.92. The van der Waals surface area contributed by atoms with Gasteiger partial charge in [0, 0.05) is 17.1 Å². The Morgan fingerprint density at radius 3 is 2.67 bits per heavy atom. The van der Waals surface area contributed by atoms with Crippen LogP contribution in [0.25, 0.3) is 6.08 Å². The number of thiophene rings is 1. The molecule has 0 saturated carbocycles. The van der Waals surface area contributed by atoms with Gasteiger partial charge in [0.25, 0.3) is 5.91 Å². The zero-order valence-corrected chi connectivity index (χ0v) is 13.5. The van der Waals surface area contributed by atoms with Crippen LogP contribution in [0.15, 0.2) is 39.5 Å². The van der Waals surface area contributed by atoms with Crippen molar-refractivity contribution in [3.8, 4) is 0 Å². The van der Waals surface area contributed by atoms with Crippen molar-refractivity contribution >= 4 is 50.9 Å². The van der Waals surface area contributed by atoms with Gasteiger partial charge in [0.1, 0.15) is 0 Å². The van der Waals surface area contributed by atoms with Crippen molar-refractivity contribution in [2.45, 2.75) is 6.92 Å². The largest absolute Gasteiger partial charge is 0.478 e. The summed E-state index contributed by atoms with van der Waals surface area (Å²) in [6, 6.07) is 7.15. The second-order valence-corrected chi connectivity index (χ2v) is 6.69. The number of rotatable bonds is 4. The van der Waals surface area contributed by atoms with Gasteiger partial charge < -0.3 is 10.4 Å². The summed E-state index contributed by atoms with van der Waals surface area (Å²) < 4.78 is 0.891. The van der Waals surface area contributed by atoms with Gasteiger partial charge in [-0.05, 0) is 58.3 Å². The molecule has 2 N–H and O–H groups in total. The number of amides is 1. The van der Waals surface area contributed by atoms with E-state index >= 15 is 0 Å². The third kappa shape index (κ3) is 4.54. The van der Waals surface area contributed by atoms with Gasteiger partial charge in [0.2, 0.25) is 0 Å². The van der Waals surface area contributed by atoms with Crippen molar-refractivity contribution in [2.75, 3.05) is 5.32 Å². The number of hydrogen-bond donors (Lipinski definition) is 2. The lowest BCUT2D eigenvalue weighted by molar-refractivity contribution is -0.131. The second-order valence-electron chi connectivity index (χ2n) is 4.40. The molecular formula is C15H12BrNO3S. The topological polar surface area (TPSA) is 66.4 Å². The standard InChI is InChI=1S/C15H12BrNO3S/c1-9-4-10(2-3-14(18)19)6-12(5-9)17-15(20)11-7-13(16)21-8-11/h2-8H,1H3,(H,17,20)(H,18,19)/b3-2+. The Hall–Kier alpha value is -1.92. The minimum Gasteiger partial charge on any atom is -0.478 e. The van der Waals surface area contributed by atoms with Crippen LogP contribution in [0, 0.1) is 6.92 Å². The number of halogens is 1. The molecule has 0 radical (unpaired) electrons. The fraction of sp³-hybridized carbons (Fsp3) is 0.0667. The van der Waals surface area contributed by atoms with Gasteiger partial charge in [-0.15, -0.1) is 11.3 Å². The summed E-state index contributed by atoms with van der Waals surface area (Å²) in [5.41, 5.74) is 2.87. The summed E-state index contributed by atoms with van der Waals surface area (Å²) in [5, 5.41) is 13.2. The van der Waals surface area contributed by atoms with E-state index in [0.29, 0.717) is 11.3 Å². The summed E-state index contributed by atoms with van der Waals surface area (Å²) in [5.74, 6) is -1.21. The Morgan fingerprint density at radius 1 is 1.29 bits per heavy atom. The molecule has 0 bridgehead atoms. The highest BCUT2D eigenvalue weighted by atomic mass is 79.9. The van der Waals surface area contributed by atoms with E-state index < -0.39 is 5.97 Å². The molecule has 0 spiro atoms. The van der Waals surface area contributed by atoms with Gasteiger partial charge in [-0.1, -0.05) is 6.07 Å². The van der Waals surface area contributed by atoms with E-state index in [1.165, 1.54) is 17.4 Å². The minimum absolute atomic E-state index is 0.198. The Balaban J connectivity index is 2.20. The maximum Gasteiger partial charge on any atom is 0.328 e. The Morgan fingerprint density at radius 2 is 2.05 bits per heavy atom. The highest BCUT2D eigenvalue weighted by Gasteiger charge is 2.08. The molecule has 1 heterocycles. The van der Waals surface area contributed by atoms with E-state index in [-0.39, 0.29) is 5.91 Å². The first kappa shape index (κ1) is 15.5. The van der Waals surface area contributed by atoms with Crippen LogP contribution >= 0.6 is 27.3 Å². The first-order valence-corrected chi connectivity index (χ1v) is 7.69. The monoisotopic (exact) mass is 365 g/mol. The molecule has 2 rings (SSSR count). The van der Waals surface area contributed by atoms with E-state index in [0.717, 1.165) is 21.0 Å². The number of carboxylic acid groups (broad SMARTS) is 1. The molecule has 2 aromatic rings. The molecule has 0 atom stereocenters. The van der Waals surface area contributed by atoms with Crippen molar-refractivity contribution in [1.82, 2.24) is 0 Å². The molecule has 21 heavy (non-hydrogen) atoms. The molecule has 6 heteroatoms. The van der Waals surface area contributed by atoms with Gasteiger partial charge >= 0.3 is 5.97 Å². The van der Waals surface area contributed by atoms with Crippen LogP contribution < -0.4 is 5.32 Å². The lowest BCUT2D eigenvalue weighted by atomic mass is 10.1. The summed E-state index contributed by atoms with van der Waals surface area (Å²) in [6.07, 6.45) is 2.56. The highest BCUT2D eigenvalue weighted by molar-refractivity contribution is 9.11. The number of hydrogen-bond acceptors (Lipinski definition) is 3. The highest BCUT2D eigenvalue weighted by Crippen LogP contribution is 2.22. The number of carbonyl (C=O) groups excluding carboxylic acids is 1. The molecule has 1 aromatic carbocycles. The predicted octanol–water partition coefficient (Wildman–Crippen LogP) is 4.17. The van der Waals surface area contributed by atoms with Crippen molar-refractivity contribution in [3.05, 3.63) is 56.2 Å². The maximum atomic E-state index is 12.1. The van der Waals surface area contributed by atoms with Crippen LogP contribution in [0.1, 0.15) is 21.5 Å². The molecular weight excluding hydrogens is 354 g/mol. The first-order valence-electron chi connectivity index (χ1n) is 6.02. The van der Waals surface area contributed by atoms with Crippen molar-refractivity contribution in [1.29, 1.82) is 0 Å². The van der Waals surface area contributed by atoms with Crippen LogP contribution in [0.2, 0.25) is 0 Å². The van der Waals surface area contributed by atoms with E-state index in [4.69, 9.17) is 5.11 Å². The smallest absolute Gasteiger partial charge is 0.328 e. The molecule has 0 aliphatic heterocycles. The van der Waals surface area contributed by atoms with E-state index in [1.807, 2.05) is 19.1 Å².